The van der Waals surface area contributed by atoms with Gasteiger partial charge in [0.1, 0.15) is 11.9 Å². The summed E-state index contributed by atoms with van der Waals surface area (Å²) in [5.41, 5.74) is 0.183. The minimum absolute atomic E-state index is 0.0360. The SMILES string of the molecule is N#Cc1ccc(N2CC[C@H](NS(=O)(=O)CCc3ccc(Cl)s3)C2=O)c(F)c1. The highest BCUT2D eigenvalue weighted by molar-refractivity contribution is 7.89. The normalized spacial score (nSPS) is 17.3. The topological polar surface area (TPSA) is 90.3 Å². The van der Waals surface area contributed by atoms with Gasteiger partial charge in [0.15, 0.2) is 0 Å². The third-order valence-corrected chi connectivity index (χ3v) is 6.82. The van der Waals surface area contributed by atoms with E-state index in [1.165, 1.54) is 28.4 Å². The van der Waals surface area contributed by atoms with Gasteiger partial charge in [-0.3, -0.25) is 4.79 Å². The van der Waals surface area contributed by atoms with Crippen LogP contribution >= 0.6 is 22.9 Å². The smallest absolute Gasteiger partial charge is 0.245 e. The lowest BCUT2D eigenvalue weighted by Crippen LogP contribution is -2.42. The molecule has 6 nitrogen and oxygen atoms in total. The summed E-state index contributed by atoms with van der Waals surface area (Å²) >= 11 is 7.14. The van der Waals surface area contributed by atoms with Gasteiger partial charge >= 0.3 is 0 Å². The Hall–Kier alpha value is -1.99. The summed E-state index contributed by atoms with van der Waals surface area (Å²) in [5, 5.41) is 8.79. The molecule has 2 heterocycles. The molecule has 1 fully saturated rings. The molecule has 1 aromatic heterocycles. The first kappa shape index (κ1) is 19.8. The molecule has 142 valence electrons. The highest BCUT2D eigenvalue weighted by Gasteiger charge is 2.36. The molecule has 27 heavy (non-hydrogen) atoms. The van der Waals surface area contributed by atoms with Gasteiger partial charge in [-0.1, -0.05) is 11.6 Å². The third-order valence-electron chi connectivity index (χ3n) is 4.14. The van der Waals surface area contributed by atoms with Crippen molar-refractivity contribution in [2.75, 3.05) is 17.2 Å². The molecule has 0 radical (unpaired) electrons. The number of amides is 1. The zero-order chi connectivity index (χ0) is 19.6. The van der Waals surface area contributed by atoms with Crippen LogP contribution < -0.4 is 9.62 Å². The number of benzene rings is 1. The number of sulfonamides is 1. The minimum Gasteiger partial charge on any atom is -0.308 e. The van der Waals surface area contributed by atoms with Crippen LogP contribution in [0.25, 0.3) is 0 Å². The molecular formula is C17H15ClFN3O3S2. The van der Waals surface area contributed by atoms with E-state index in [1.807, 2.05) is 6.07 Å². The average Bonchev–Trinajstić information content (AvgIpc) is 3.19. The summed E-state index contributed by atoms with van der Waals surface area (Å²) in [7, 11) is -3.68. The lowest BCUT2D eigenvalue weighted by molar-refractivity contribution is -0.118. The van der Waals surface area contributed by atoms with Crippen molar-refractivity contribution in [3.8, 4) is 6.07 Å². The van der Waals surface area contributed by atoms with Crippen LogP contribution in [0.15, 0.2) is 30.3 Å². The third kappa shape index (κ3) is 4.65. The monoisotopic (exact) mass is 427 g/mol. The Bertz CT molecular complexity index is 1020. The van der Waals surface area contributed by atoms with Crippen LogP contribution in [0.4, 0.5) is 10.1 Å². The molecule has 1 aromatic carbocycles. The molecule has 1 atom stereocenters. The number of carbonyl (C=O) groups excluding carboxylic acids is 1. The lowest BCUT2D eigenvalue weighted by atomic mass is 10.2. The van der Waals surface area contributed by atoms with E-state index in [0.29, 0.717) is 10.8 Å². The maximum Gasteiger partial charge on any atom is 0.245 e. The van der Waals surface area contributed by atoms with Gasteiger partial charge in [-0.05, 0) is 43.2 Å². The number of rotatable bonds is 6. The summed E-state index contributed by atoms with van der Waals surface area (Å²) in [6, 6.07) is 8.16. The summed E-state index contributed by atoms with van der Waals surface area (Å²) < 4.78 is 41.7. The van der Waals surface area contributed by atoms with Crippen LogP contribution in [0.5, 0.6) is 0 Å². The maximum atomic E-state index is 14.1. The van der Waals surface area contributed by atoms with Crippen LogP contribution in [0.3, 0.4) is 0 Å². The largest absolute Gasteiger partial charge is 0.308 e. The van der Waals surface area contributed by atoms with E-state index in [4.69, 9.17) is 16.9 Å². The van der Waals surface area contributed by atoms with Crippen LogP contribution in [0, 0.1) is 17.1 Å². The Morgan fingerprint density at radius 3 is 2.78 bits per heavy atom. The van der Waals surface area contributed by atoms with Gasteiger partial charge < -0.3 is 4.90 Å². The Morgan fingerprint density at radius 2 is 2.15 bits per heavy atom. The first-order valence-electron chi connectivity index (χ1n) is 8.04. The Labute approximate surface area is 165 Å². The number of nitrogens with zero attached hydrogens (tertiary/aromatic N) is 2. The van der Waals surface area contributed by atoms with Crippen molar-refractivity contribution in [2.45, 2.75) is 18.9 Å². The molecule has 1 saturated heterocycles. The fourth-order valence-electron chi connectivity index (χ4n) is 2.82. The summed E-state index contributed by atoms with van der Waals surface area (Å²) in [5.74, 6) is -1.37. The van der Waals surface area contributed by atoms with Gasteiger partial charge in [0.25, 0.3) is 0 Å². The van der Waals surface area contributed by atoms with Crippen molar-refractivity contribution >= 4 is 44.6 Å². The van der Waals surface area contributed by atoms with Crippen molar-refractivity contribution < 1.29 is 17.6 Å². The van der Waals surface area contributed by atoms with E-state index in [0.717, 1.165) is 10.9 Å². The van der Waals surface area contributed by atoms with Crippen molar-refractivity contribution in [1.29, 1.82) is 5.26 Å². The number of nitrogens with one attached hydrogen (secondary N) is 1. The van der Waals surface area contributed by atoms with E-state index < -0.39 is 27.8 Å². The number of hydrogen-bond acceptors (Lipinski definition) is 5. The van der Waals surface area contributed by atoms with Gasteiger partial charge in [-0.25, -0.2) is 17.5 Å². The summed E-state index contributed by atoms with van der Waals surface area (Å²) in [6.07, 6.45) is 0.532. The van der Waals surface area contributed by atoms with Gasteiger partial charge in [-0.2, -0.15) is 5.26 Å². The van der Waals surface area contributed by atoms with E-state index in [1.54, 1.807) is 12.1 Å². The molecular weight excluding hydrogens is 413 g/mol. The molecule has 2 aromatic rings. The Balaban J connectivity index is 1.65. The van der Waals surface area contributed by atoms with E-state index >= 15 is 0 Å². The molecule has 0 aliphatic carbocycles. The first-order chi connectivity index (χ1) is 12.8. The highest BCUT2D eigenvalue weighted by atomic mass is 35.5. The second-order valence-electron chi connectivity index (χ2n) is 6.00. The van der Waals surface area contributed by atoms with Crippen LogP contribution in [0.1, 0.15) is 16.9 Å². The molecule has 10 heteroatoms. The fourth-order valence-corrected chi connectivity index (χ4v) is 5.30. The number of hydrogen-bond donors (Lipinski definition) is 1. The standard InChI is InChI=1S/C17H15ClFN3O3S2/c18-16-4-2-12(26-16)6-8-27(24,25)21-14-5-7-22(17(14)23)15-3-1-11(10-20)9-13(15)19/h1-4,9,14,21H,5-8H2/t14-/m0/s1. The maximum absolute atomic E-state index is 14.1. The van der Waals surface area contributed by atoms with Crippen molar-refractivity contribution in [2.24, 2.45) is 0 Å². The summed E-state index contributed by atoms with van der Waals surface area (Å²) in [4.78, 5) is 14.6. The van der Waals surface area contributed by atoms with Crippen molar-refractivity contribution in [1.82, 2.24) is 4.72 Å². The van der Waals surface area contributed by atoms with Gasteiger partial charge in [-0.15, -0.1) is 11.3 Å². The van der Waals surface area contributed by atoms with Crippen LogP contribution in [0.2, 0.25) is 4.34 Å². The number of halogens is 2. The number of aryl methyl sites for hydroxylation is 1. The molecule has 0 unspecified atom stereocenters. The zero-order valence-corrected chi connectivity index (χ0v) is 16.4. The quantitative estimate of drug-likeness (QED) is 0.767. The zero-order valence-electron chi connectivity index (χ0n) is 14.0. The van der Waals surface area contributed by atoms with E-state index in [9.17, 15) is 17.6 Å². The lowest BCUT2D eigenvalue weighted by Gasteiger charge is -2.18. The van der Waals surface area contributed by atoms with Crippen molar-refractivity contribution in [3.63, 3.8) is 0 Å². The predicted octanol–water partition coefficient (Wildman–Crippen LogP) is 2.68. The van der Waals surface area contributed by atoms with Gasteiger partial charge in [0, 0.05) is 11.4 Å². The van der Waals surface area contributed by atoms with Crippen LogP contribution in [-0.4, -0.2) is 32.7 Å². The molecule has 0 saturated carbocycles. The average molecular weight is 428 g/mol. The van der Waals surface area contributed by atoms with E-state index in [-0.39, 0.29) is 30.0 Å². The molecule has 3 rings (SSSR count). The number of carbonyl (C=O) groups is 1. The molecule has 0 spiro atoms. The second-order valence-corrected chi connectivity index (χ2v) is 9.67. The number of nitriles is 1. The first-order valence-corrected chi connectivity index (χ1v) is 10.9. The molecule has 1 N–H and O–H groups in total. The van der Waals surface area contributed by atoms with Gasteiger partial charge in [0.2, 0.25) is 15.9 Å². The molecule has 0 bridgehead atoms. The molecule has 1 aliphatic rings. The Kier molecular flexibility index (Phi) is 5.81. The van der Waals surface area contributed by atoms with Crippen LogP contribution in [-0.2, 0) is 21.2 Å². The van der Waals surface area contributed by atoms with Crippen molar-refractivity contribution in [3.05, 3.63) is 50.9 Å². The Morgan fingerprint density at radius 1 is 1.37 bits per heavy atom. The predicted molar refractivity (Wildman–Crippen MR) is 102 cm³/mol. The fraction of sp³-hybridized carbons (Fsp3) is 0.294. The molecule has 1 aliphatic heterocycles. The summed E-state index contributed by atoms with van der Waals surface area (Å²) in [6.45, 7) is 0.190. The minimum atomic E-state index is -3.68. The molecule has 1 amide bonds. The van der Waals surface area contributed by atoms with Gasteiger partial charge in [0.05, 0.1) is 27.4 Å². The number of anilines is 1. The number of thiophene rings is 1. The highest BCUT2D eigenvalue weighted by Crippen LogP contribution is 2.26. The van der Waals surface area contributed by atoms with E-state index in [2.05, 4.69) is 4.72 Å². The second kappa shape index (κ2) is 7.94.